The van der Waals surface area contributed by atoms with Gasteiger partial charge in [-0.25, -0.2) is 4.98 Å². The Balaban J connectivity index is 2.00. The molecule has 0 amide bonds. The predicted octanol–water partition coefficient (Wildman–Crippen LogP) is 1.12. The van der Waals surface area contributed by atoms with Gasteiger partial charge in [-0.2, -0.15) is 9.97 Å². The molecule has 2 aromatic rings. The minimum Gasteiger partial charge on any atom is -0.396 e. The fourth-order valence-corrected chi connectivity index (χ4v) is 2.56. The lowest BCUT2D eigenvalue weighted by Crippen LogP contribution is -2.09. The first-order chi connectivity index (χ1) is 10.2. The number of aliphatic hydroxyl groups is 1. The number of anilines is 2. The molecule has 0 bridgehead atoms. The molecule has 2 atom stereocenters. The van der Waals surface area contributed by atoms with Gasteiger partial charge in [0.05, 0.1) is 12.4 Å². The van der Waals surface area contributed by atoms with Crippen molar-refractivity contribution in [3.8, 4) is 0 Å². The van der Waals surface area contributed by atoms with Crippen molar-refractivity contribution in [2.75, 3.05) is 24.2 Å². The lowest BCUT2D eigenvalue weighted by atomic mass is 10.1. The number of fused-ring (bicyclic) bond motifs is 1. The van der Waals surface area contributed by atoms with Crippen molar-refractivity contribution in [3.63, 3.8) is 0 Å². The van der Waals surface area contributed by atoms with Crippen LogP contribution >= 0.6 is 0 Å². The van der Waals surface area contributed by atoms with E-state index in [0.29, 0.717) is 23.5 Å². The standard InChI is InChI=1S/C14H18N6O/c1-2-5-16-12-11-13(19-14(15)18-12)20(8-17-11)10-4-3-9(6-10)7-21/h2-4,8-10,21H,1,5-7H2,(H3,15,16,18,19)/t9-,10+/m1/s1. The normalized spacial score (nSPS) is 21.0. The summed E-state index contributed by atoms with van der Waals surface area (Å²) in [6, 6.07) is 0.133. The average Bonchev–Trinajstić information content (AvgIpc) is 3.10. The van der Waals surface area contributed by atoms with Gasteiger partial charge in [0.15, 0.2) is 17.0 Å². The van der Waals surface area contributed by atoms with Crippen molar-refractivity contribution in [2.24, 2.45) is 5.92 Å². The number of aromatic nitrogens is 4. The van der Waals surface area contributed by atoms with E-state index in [4.69, 9.17) is 5.73 Å². The third-order valence-corrected chi connectivity index (χ3v) is 3.59. The molecule has 7 nitrogen and oxygen atoms in total. The van der Waals surface area contributed by atoms with Crippen LogP contribution < -0.4 is 11.1 Å². The van der Waals surface area contributed by atoms with E-state index in [1.807, 2.05) is 10.6 Å². The summed E-state index contributed by atoms with van der Waals surface area (Å²) in [5, 5.41) is 12.4. The Kier molecular flexibility index (Phi) is 3.57. The highest BCUT2D eigenvalue weighted by atomic mass is 16.3. The van der Waals surface area contributed by atoms with Crippen LogP contribution in [0.15, 0.2) is 31.1 Å². The molecule has 0 fully saturated rings. The molecular weight excluding hydrogens is 268 g/mol. The number of aliphatic hydroxyl groups excluding tert-OH is 1. The van der Waals surface area contributed by atoms with Crippen LogP contribution in [0.3, 0.4) is 0 Å². The van der Waals surface area contributed by atoms with Crippen molar-refractivity contribution < 1.29 is 5.11 Å². The Morgan fingerprint density at radius 3 is 3.05 bits per heavy atom. The maximum atomic E-state index is 9.24. The van der Waals surface area contributed by atoms with Gasteiger partial charge in [0, 0.05) is 19.1 Å². The van der Waals surface area contributed by atoms with Crippen molar-refractivity contribution in [1.29, 1.82) is 0 Å². The maximum Gasteiger partial charge on any atom is 0.224 e. The molecule has 2 heterocycles. The van der Waals surface area contributed by atoms with E-state index >= 15 is 0 Å². The third-order valence-electron chi connectivity index (χ3n) is 3.59. The molecule has 0 aliphatic heterocycles. The van der Waals surface area contributed by atoms with Gasteiger partial charge >= 0.3 is 0 Å². The van der Waals surface area contributed by atoms with Crippen LogP contribution in [-0.2, 0) is 0 Å². The summed E-state index contributed by atoms with van der Waals surface area (Å²) in [6.45, 7) is 4.40. The number of nitrogens with one attached hydrogen (secondary N) is 1. The molecule has 110 valence electrons. The molecule has 0 unspecified atom stereocenters. The molecule has 0 saturated carbocycles. The Hall–Kier alpha value is -2.41. The first-order valence-electron chi connectivity index (χ1n) is 6.87. The number of hydrogen-bond acceptors (Lipinski definition) is 6. The van der Waals surface area contributed by atoms with Crippen LogP contribution in [0.5, 0.6) is 0 Å². The SMILES string of the molecule is C=CCNc1nc(N)nc2c1ncn2[C@H]1C=C[C@@H](CO)C1. The number of imidazole rings is 1. The van der Waals surface area contributed by atoms with Crippen LogP contribution in [-0.4, -0.2) is 37.8 Å². The number of rotatable bonds is 5. The molecule has 7 heteroatoms. The van der Waals surface area contributed by atoms with Crippen molar-refractivity contribution >= 4 is 22.9 Å². The van der Waals surface area contributed by atoms with E-state index in [-0.39, 0.29) is 24.5 Å². The summed E-state index contributed by atoms with van der Waals surface area (Å²) in [6.07, 6.45) is 8.41. The lowest BCUT2D eigenvalue weighted by molar-refractivity contribution is 0.244. The summed E-state index contributed by atoms with van der Waals surface area (Å²) >= 11 is 0. The quantitative estimate of drug-likeness (QED) is 0.712. The molecule has 0 radical (unpaired) electrons. The number of hydrogen-bond donors (Lipinski definition) is 3. The van der Waals surface area contributed by atoms with Crippen LogP contribution in [0, 0.1) is 5.92 Å². The second-order valence-electron chi connectivity index (χ2n) is 5.05. The van der Waals surface area contributed by atoms with E-state index in [1.165, 1.54) is 0 Å². The Bertz CT molecular complexity index is 692. The Morgan fingerprint density at radius 2 is 2.33 bits per heavy atom. The number of nitrogens with two attached hydrogens (primary N) is 1. The number of allylic oxidation sites excluding steroid dienone is 1. The van der Waals surface area contributed by atoms with Crippen LogP contribution in [0.4, 0.5) is 11.8 Å². The van der Waals surface area contributed by atoms with E-state index < -0.39 is 0 Å². The topological polar surface area (TPSA) is 102 Å². The smallest absolute Gasteiger partial charge is 0.224 e. The number of nitrogen functional groups attached to an aromatic ring is 1. The summed E-state index contributed by atoms with van der Waals surface area (Å²) in [4.78, 5) is 12.9. The van der Waals surface area contributed by atoms with Crippen molar-refractivity contribution in [2.45, 2.75) is 12.5 Å². The third kappa shape index (κ3) is 2.47. The first kappa shape index (κ1) is 13.6. The first-order valence-corrected chi connectivity index (χ1v) is 6.87. The molecule has 3 rings (SSSR count). The van der Waals surface area contributed by atoms with Gasteiger partial charge in [-0.3, -0.25) is 0 Å². The largest absolute Gasteiger partial charge is 0.396 e. The van der Waals surface area contributed by atoms with E-state index in [2.05, 4.69) is 32.9 Å². The average molecular weight is 286 g/mol. The zero-order valence-corrected chi connectivity index (χ0v) is 11.6. The molecule has 1 aliphatic rings. The van der Waals surface area contributed by atoms with Gasteiger partial charge in [0.2, 0.25) is 5.95 Å². The Labute approximate surface area is 122 Å². The highest BCUT2D eigenvalue weighted by Crippen LogP contribution is 2.31. The molecule has 4 N–H and O–H groups in total. The van der Waals surface area contributed by atoms with Crippen molar-refractivity contribution in [1.82, 2.24) is 19.5 Å². The lowest BCUT2D eigenvalue weighted by Gasteiger charge is -2.13. The highest BCUT2D eigenvalue weighted by Gasteiger charge is 2.22. The van der Waals surface area contributed by atoms with Gasteiger partial charge in [0.25, 0.3) is 0 Å². The monoisotopic (exact) mass is 286 g/mol. The summed E-state index contributed by atoms with van der Waals surface area (Å²) < 4.78 is 1.97. The summed E-state index contributed by atoms with van der Waals surface area (Å²) in [7, 11) is 0. The van der Waals surface area contributed by atoms with E-state index in [1.54, 1.807) is 12.4 Å². The second kappa shape index (κ2) is 5.53. The van der Waals surface area contributed by atoms with Gasteiger partial charge < -0.3 is 20.7 Å². The van der Waals surface area contributed by atoms with Gasteiger partial charge in [0.1, 0.15) is 0 Å². The molecular formula is C14H18N6O. The minimum absolute atomic E-state index is 0.133. The van der Waals surface area contributed by atoms with Crippen LogP contribution in [0.25, 0.3) is 11.2 Å². The van der Waals surface area contributed by atoms with Crippen LogP contribution in [0.1, 0.15) is 12.5 Å². The molecule has 0 saturated heterocycles. The molecule has 0 spiro atoms. The zero-order chi connectivity index (χ0) is 14.8. The molecule has 2 aromatic heterocycles. The summed E-state index contributed by atoms with van der Waals surface area (Å²) in [5.41, 5.74) is 7.17. The summed E-state index contributed by atoms with van der Waals surface area (Å²) in [5.74, 6) is 0.998. The molecule has 1 aliphatic carbocycles. The molecule has 21 heavy (non-hydrogen) atoms. The second-order valence-corrected chi connectivity index (χ2v) is 5.05. The fraction of sp³-hybridized carbons (Fsp3) is 0.357. The maximum absolute atomic E-state index is 9.24. The zero-order valence-electron chi connectivity index (χ0n) is 11.6. The van der Waals surface area contributed by atoms with Gasteiger partial charge in [-0.1, -0.05) is 18.2 Å². The van der Waals surface area contributed by atoms with E-state index in [9.17, 15) is 5.11 Å². The van der Waals surface area contributed by atoms with Gasteiger partial charge in [-0.15, -0.1) is 6.58 Å². The predicted molar refractivity (Wildman–Crippen MR) is 81.8 cm³/mol. The van der Waals surface area contributed by atoms with Gasteiger partial charge in [-0.05, 0) is 6.42 Å². The Morgan fingerprint density at radius 1 is 1.48 bits per heavy atom. The van der Waals surface area contributed by atoms with Crippen molar-refractivity contribution in [3.05, 3.63) is 31.1 Å². The minimum atomic E-state index is 0.133. The fourth-order valence-electron chi connectivity index (χ4n) is 2.56. The number of nitrogens with zero attached hydrogens (tertiary/aromatic N) is 4. The highest BCUT2D eigenvalue weighted by molar-refractivity contribution is 5.84. The van der Waals surface area contributed by atoms with Crippen LogP contribution in [0.2, 0.25) is 0 Å². The molecule has 0 aromatic carbocycles. The van der Waals surface area contributed by atoms with E-state index in [0.717, 1.165) is 6.42 Å².